The van der Waals surface area contributed by atoms with Crippen molar-refractivity contribution < 1.29 is 9.59 Å². The number of primary amides is 1. The highest BCUT2D eigenvalue weighted by atomic mass is 79.9. The number of carbonyl (C=O) groups is 2. The van der Waals surface area contributed by atoms with Crippen molar-refractivity contribution in [2.75, 3.05) is 6.54 Å². The number of benzene rings is 1. The van der Waals surface area contributed by atoms with Gasteiger partial charge >= 0.3 is 0 Å². The molecule has 1 aromatic carbocycles. The highest BCUT2D eigenvalue weighted by Crippen LogP contribution is 2.27. The molecule has 108 valence electrons. The van der Waals surface area contributed by atoms with Gasteiger partial charge < -0.3 is 10.6 Å². The largest absolute Gasteiger partial charge is 0.368 e. The molecule has 1 aliphatic rings. The molecule has 1 fully saturated rings. The predicted octanol–water partition coefficient (Wildman–Crippen LogP) is 2.97. The maximum absolute atomic E-state index is 12.6. The topological polar surface area (TPSA) is 63.4 Å². The summed E-state index contributed by atoms with van der Waals surface area (Å²) in [6.45, 7) is -0.0445. The molecule has 2 N–H and O–H groups in total. The van der Waals surface area contributed by atoms with Crippen molar-refractivity contribution in [3.8, 4) is 0 Å². The monoisotopic (exact) mass is 358 g/mol. The fraction of sp³-hybridized carbons (Fsp3) is 0.429. The smallest absolute Gasteiger partial charge is 0.254 e. The molecule has 1 saturated carbocycles. The van der Waals surface area contributed by atoms with Crippen LogP contribution in [0.2, 0.25) is 5.02 Å². The Labute approximate surface area is 131 Å². The van der Waals surface area contributed by atoms with Crippen LogP contribution in [0.4, 0.5) is 0 Å². The van der Waals surface area contributed by atoms with Crippen molar-refractivity contribution >= 4 is 39.3 Å². The Morgan fingerprint density at radius 3 is 2.55 bits per heavy atom. The van der Waals surface area contributed by atoms with E-state index in [2.05, 4.69) is 15.9 Å². The fourth-order valence-corrected chi connectivity index (χ4v) is 2.97. The van der Waals surface area contributed by atoms with E-state index in [1.807, 2.05) is 0 Å². The Balaban J connectivity index is 2.24. The molecule has 0 saturated heterocycles. The van der Waals surface area contributed by atoms with Crippen molar-refractivity contribution in [2.24, 2.45) is 5.73 Å². The number of hydrogen-bond donors (Lipinski definition) is 1. The van der Waals surface area contributed by atoms with Crippen LogP contribution in [0, 0.1) is 0 Å². The van der Waals surface area contributed by atoms with Gasteiger partial charge in [0.15, 0.2) is 0 Å². The number of amides is 2. The molecular weight excluding hydrogens is 344 g/mol. The van der Waals surface area contributed by atoms with E-state index in [0.717, 1.165) is 30.2 Å². The summed E-state index contributed by atoms with van der Waals surface area (Å²) in [6.07, 6.45) is 4.00. The van der Waals surface area contributed by atoms with Crippen LogP contribution in [0.3, 0.4) is 0 Å². The second-order valence-corrected chi connectivity index (χ2v) is 6.23. The Morgan fingerprint density at radius 1 is 1.35 bits per heavy atom. The molecule has 0 unspecified atom stereocenters. The van der Waals surface area contributed by atoms with Gasteiger partial charge in [-0.15, -0.1) is 0 Å². The molecule has 0 radical (unpaired) electrons. The standard InChI is InChI=1S/C14H16BrClN2O2/c15-11-6-5-9(7-12(11)16)14(20)18(8-13(17)19)10-3-1-2-4-10/h5-7,10H,1-4,8H2,(H2,17,19). The quantitative estimate of drug-likeness (QED) is 0.898. The van der Waals surface area contributed by atoms with Gasteiger partial charge in [0.2, 0.25) is 5.91 Å². The molecule has 1 aromatic rings. The van der Waals surface area contributed by atoms with Gasteiger partial charge in [-0.25, -0.2) is 0 Å². The van der Waals surface area contributed by atoms with Gasteiger partial charge in [0, 0.05) is 16.1 Å². The highest BCUT2D eigenvalue weighted by Gasteiger charge is 2.28. The second-order valence-electron chi connectivity index (χ2n) is 4.97. The van der Waals surface area contributed by atoms with E-state index in [-0.39, 0.29) is 18.5 Å². The summed E-state index contributed by atoms with van der Waals surface area (Å²) in [5.41, 5.74) is 5.74. The molecule has 0 atom stereocenters. The summed E-state index contributed by atoms with van der Waals surface area (Å²) in [7, 11) is 0. The molecule has 2 rings (SSSR count). The van der Waals surface area contributed by atoms with Gasteiger partial charge in [-0.3, -0.25) is 9.59 Å². The summed E-state index contributed by atoms with van der Waals surface area (Å²) < 4.78 is 0.734. The van der Waals surface area contributed by atoms with Crippen molar-refractivity contribution in [1.82, 2.24) is 4.90 Å². The number of carbonyl (C=O) groups excluding carboxylic acids is 2. The average Bonchev–Trinajstić information content (AvgIpc) is 2.92. The van der Waals surface area contributed by atoms with Gasteiger partial charge in [0.05, 0.1) is 11.6 Å². The number of rotatable bonds is 4. The Hall–Kier alpha value is -1.07. The minimum Gasteiger partial charge on any atom is -0.368 e. The first-order valence-corrected chi connectivity index (χ1v) is 7.70. The SMILES string of the molecule is NC(=O)CN(C(=O)c1ccc(Br)c(Cl)c1)C1CCCC1. The van der Waals surface area contributed by atoms with E-state index >= 15 is 0 Å². The molecular formula is C14H16BrClN2O2. The lowest BCUT2D eigenvalue weighted by Gasteiger charge is -2.28. The normalized spacial score (nSPS) is 15.3. The van der Waals surface area contributed by atoms with Crippen LogP contribution in [-0.2, 0) is 4.79 Å². The first kappa shape index (κ1) is 15.3. The molecule has 0 bridgehead atoms. The number of nitrogens with two attached hydrogens (primary N) is 1. The lowest BCUT2D eigenvalue weighted by Crippen LogP contribution is -2.44. The van der Waals surface area contributed by atoms with Crippen LogP contribution in [0.1, 0.15) is 36.0 Å². The lowest BCUT2D eigenvalue weighted by atomic mass is 10.1. The Morgan fingerprint density at radius 2 is 2.00 bits per heavy atom. The van der Waals surface area contributed by atoms with Crippen molar-refractivity contribution in [3.05, 3.63) is 33.3 Å². The zero-order valence-electron chi connectivity index (χ0n) is 10.9. The summed E-state index contributed by atoms with van der Waals surface area (Å²) in [6, 6.07) is 5.13. The maximum atomic E-state index is 12.6. The number of nitrogens with zero attached hydrogens (tertiary/aromatic N) is 1. The summed E-state index contributed by atoms with van der Waals surface area (Å²) in [5, 5.41) is 0.473. The predicted molar refractivity (Wildman–Crippen MR) is 81.6 cm³/mol. The van der Waals surface area contributed by atoms with Gasteiger partial charge in [0.25, 0.3) is 5.91 Å². The van der Waals surface area contributed by atoms with Crippen molar-refractivity contribution in [1.29, 1.82) is 0 Å². The van der Waals surface area contributed by atoms with Gasteiger partial charge in [-0.1, -0.05) is 24.4 Å². The fourth-order valence-electron chi connectivity index (χ4n) is 2.55. The first-order chi connectivity index (χ1) is 9.49. The number of halogens is 2. The Bertz CT molecular complexity index is 530. The van der Waals surface area contributed by atoms with Crippen LogP contribution in [0.5, 0.6) is 0 Å². The van der Waals surface area contributed by atoms with Crippen LogP contribution in [0.25, 0.3) is 0 Å². The maximum Gasteiger partial charge on any atom is 0.254 e. The van der Waals surface area contributed by atoms with Crippen molar-refractivity contribution in [3.63, 3.8) is 0 Å². The molecule has 2 amide bonds. The lowest BCUT2D eigenvalue weighted by molar-refractivity contribution is -0.119. The average molecular weight is 360 g/mol. The second kappa shape index (κ2) is 6.59. The Kier molecular flexibility index (Phi) is 5.05. The number of hydrogen-bond acceptors (Lipinski definition) is 2. The van der Waals surface area contributed by atoms with E-state index in [9.17, 15) is 9.59 Å². The van der Waals surface area contributed by atoms with Crippen LogP contribution >= 0.6 is 27.5 Å². The summed E-state index contributed by atoms with van der Waals surface area (Å²) >= 11 is 9.31. The molecule has 4 nitrogen and oxygen atoms in total. The first-order valence-electron chi connectivity index (χ1n) is 6.53. The van der Waals surface area contributed by atoms with Crippen LogP contribution < -0.4 is 5.73 Å². The minimum atomic E-state index is -0.492. The van der Waals surface area contributed by atoms with Crippen LogP contribution in [0.15, 0.2) is 22.7 Å². The van der Waals surface area contributed by atoms with Gasteiger partial charge in [-0.05, 0) is 47.0 Å². The molecule has 20 heavy (non-hydrogen) atoms. The minimum absolute atomic E-state index is 0.0445. The van der Waals surface area contributed by atoms with Gasteiger partial charge in [0.1, 0.15) is 0 Å². The van der Waals surface area contributed by atoms with Gasteiger partial charge in [-0.2, -0.15) is 0 Å². The summed E-state index contributed by atoms with van der Waals surface area (Å²) in [4.78, 5) is 25.4. The third-order valence-corrected chi connectivity index (χ3v) is 4.75. The zero-order valence-corrected chi connectivity index (χ0v) is 13.3. The molecule has 0 heterocycles. The summed E-state index contributed by atoms with van der Waals surface area (Å²) in [5.74, 6) is -0.682. The third kappa shape index (κ3) is 3.52. The van der Waals surface area contributed by atoms with E-state index in [1.165, 1.54) is 0 Å². The highest BCUT2D eigenvalue weighted by molar-refractivity contribution is 9.10. The van der Waals surface area contributed by atoms with E-state index in [0.29, 0.717) is 10.6 Å². The van der Waals surface area contributed by atoms with E-state index in [1.54, 1.807) is 23.1 Å². The molecule has 0 spiro atoms. The van der Waals surface area contributed by atoms with E-state index in [4.69, 9.17) is 17.3 Å². The molecule has 6 heteroatoms. The van der Waals surface area contributed by atoms with Crippen molar-refractivity contribution in [2.45, 2.75) is 31.7 Å². The third-order valence-electron chi connectivity index (χ3n) is 3.52. The zero-order chi connectivity index (χ0) is 14.7. The molecule has 0 aromatic heterocycles. The molecule has 1 aliphatic carbocycles. The van der Waals surface area contributed by atoms with E-state index < -0.39 is 5.91 Å². The van der Waals surface area contributed by atoms with Crippen LogP contribution in [-0.4, -0.2) is 29.3 Å². The molecule has 0 aliphatic heterocycles.